The van der Waals surface area contributed by atoms with Gasteiger partial charge in [0.05, 0.1) is 19.3 Å². The molecule has 2 aromatic rings. The third-order valence-electron chi connectivity index (χ3n) is 7.22. The number of hydrogen-bond donors (Lipinski definition) is 1. The topological polar surface area (TPSA) is 62.2 Å². The molecule has 3 aliphatic heterocycles. The van der Waals surface area contributed by atoms with Crippen LogP contribution in [0.4, 0.5) is 5.69 Å². The molecule has 1 N–H and O–H groups in total. The number of rotatable bonds is 5. The molecule has 0 radical (unpaired) electrons. The molecule has 0 bridgehead atoms. The van der Waals surface area contributed by atoms with E-state index in [0.29, 0.717) is 23.8 Å². The van der Waals surface area contributed by atoms with Crippen LogP contribution in [0.2, 0.25) is 0 Å². The lowest BCUT2D eigenvalue weighted by Crippen LogP contribution is -2.70. The molecule has 6 nitrogen and oxygen atoms in total. The van der Waals surface area contributed by atoms with Gasteiger partial charge in [-0.1, -0.05) is 30.3 Å². The third-order valence-corrected chi connectivity index (χ3v) is 7.22. The summed E-state index contributed by atoms with van der Waals surface area (Å²) < 4.78 is 11.0. The Morgan fingerprint density at radius 3 is 2.65 bits per heavy atom. The zero-order valence-corrected chi connectivity index (χ0v) is 17.9. The molecule has 3 heterocycles. The fourth-order valence-electron chi connectivity index (χ4n) is 5.62. The van der Waals surface area contributed by atoms with E-state index in [-0.39, 0.29) is 30.5 Å². The first-order valence-corrected chi connectivity index (χ1v) is 11.2. The second kappa shape index (κ2) is 8.61. The molecule has 0 saturated carbocycles. The highest BCUT2D eigenvalue weighted by atomic mass is 16.5. The molecule has 0 aliphatic carbocycles. The normalized spacial score (nSPS) is 26.0. The first-order valence-electron chi connectivity index (χ1n) is 11.2. The van der Waals surface area contributed by atoms with Crippen LogP contribution in [-0.2, 0) is 4.74 Å². The molecule has 2 saturated heterocycles. The molecule has 0 spiro atoms. The number of anilines is 1. The number of nitrogens with zero attached hydrogens (tertiary/aromatic N) is 2. The first kappa shape index (κ1) is 20.5. The van der Waals surface area contributed by atoms with Gasteiger partial charge < -0.3 is 19.5 Å². The average molecular weight is 423 g/mol. The van der Waals surface area contributed by atoms with Crippen molar-refractivity contribution < 1.29 is 19.4 Å². The molecule has 3 aliphatic rings. The predicted octanol–water partition coefficient (Wildman–Crippen LogP) is 2.91. The molecule has 0 aromatic heterocycles. The number of carbonyl (C=O) groups excluding carboxylic acids is 1. The summed E-state index contributed by atoms with van der Waals surface area (Å²) in [4.78, 5) is 18.0. The van der Waals surface area contributed by atoms with Crippen LogP contribution < -0.4 is 9.64 Å². The van der Waals surface area contributed by atoms with Gasteiger partial charge in [-0.15, -0.1) is 0 Å². The Hall–Kier alpha value is -2.41. The number of benzene rings is 2. The minimum Gasteiger partial charge on any atom is -0.496 e. The molecular formula is C25H30N2O4. The highest BCUT2D eigenvalue weighted by Crippen LogP contribution is 2.49. The van der Waals surface area contributed by atoms with Crippen LogP contribution in [0.25, 0.3) is 0 Å². The zero-order valence-electron chi connectivity index (χ0n) is 17.9. The lowest BCUT2D eigenvalue weighted by Gasteiger charge is -2.60. The van der Waals surface area contributed by atoms with Crippen molar-refractivity contribution in [3.8, 4) is 5.75 Å². The van der Waals surface area contributed by atoms with Crippen LogP contribution in [0.15, 0.2) is 48.5 Å². The van der Waals surface area contributed by atoms with Gasteiger partial charge in [0.1, 0.15) is 5.75 Å². The van der Waals surface area contributed by atoms with Crippen molar-refractivity contribution in [1.82, 2.24) is 4.90 Å². The Balaban J connectivity index is 1.47. The van der Waals surface area contributed by atoms with Crippen LogP contribution >= 0.6 is 0 Å². The summed E-state index contributed by atoms with van der Waals surface area (Å²) in [6, 6.07) is 15.9. The first-order chi connectivity index (χ1) is 15.2. The van der Waals surface area contributed by atoms with E-state index in [1.54, 1.807) is 7.11 Å². The Kier molecular flexibility index (Phi) is 5.69. The van der Waals surface area contributed by atoms with Gasteiger partial charge in [0, 0.05) is 50.0 Å². The number of fused-ring (bicyclic) bond motifs is 3. The van der Waals surface area contributed by atoms with E-state index in [2.05, 4.69) is 11.0 Å². The van der Waals surface area contributed by atoms with E-state index < -0.39 is 0 Å². The number of ether oxygens (including phenoxy) is 2. The summed E-state index contributed by atoms with van der Waals surface area (Å²) in [6.45, 7) is 3.35. The Morgan fingerprint density at radius 1 is 1.13 bits per heavy atom. The number of carbonyl (C=O) groups is 1. The molecule has 31 heavy (non-hydrogen) atoms. The van der Waals surface area contributed by atoms with Gasteiger partial charge in [-0.05, 0) is 42.5 Å². The Bertz CT molecular complexity index is 943. The second-order valence-electron chi connectivity index (χ2n) is 8.77. The SMILES string of the molecule is COc1ccccc1C(=O)N1C[C@@H]2[C@@H](c3ccccc31)[C@@H](CO)N2CC1CCOCC1. The van der Waals surface area contributed by atoms with E-state index in [1.165, 1.54) is 0 Å². The van der Waals surface area contributed by atoms with Crippen LogP contribution in [0.3, 0.4) is 0 Å². The summed E-state index contributed by atoms with van der Waals surface area (Å²) in [6.07, 6.45) is 2.12. The lowest BCUT2D eigenvalue weighted by molar-refractivity contribution is -0.0625. The maximum absolute atomic E-state index is 13.6. The van der Waals surface area contributed by atoms with Gasteiger partial charge in [0.15, 0.2) is 0 Å². The van der Waals surface area contributed by atoms with E-state index >= 15 is 0 Å². The van der Waals surface area contributed by atoms with Crippen LogP contribution in [0, 0.1) is 5.92 Å². The van der Waals surface area contributed by atoms with Gasteiger partial charge in [-0.2, -0.15) is 0 Å². The maximum Gasteiger partial charge on any atom is 0.262 e. The van der Waals surface area contributed by atoms with Crippen molar-refractivity contribution >= 4 is 11.6 Å². The van der Waals surface area contributed by atoms with Gasteiger partial charge in [-0.25, -0.2) is 0 Å². The number of para-hydroxylation sites is 2. The van der Waals surface area contributed by atoms with E-state index in [1.807, 2.05) is 47.4 Å². The molecule has 164 valence electrons. The summed E-state index contributed by atoms with van der Waals surface area (Å²) >= 11 is 0. The van der Waals surface area contributed by atoms with Gasteiger partial charge in [-0.3, -0.25) is 9.69 Å². The second-order valence-corrected chi connectivity index (χ2v) is 8.77. The van der Waals surface area contributed by atoms with Crippen LogP contribution in [-0.4, -0.2) is 68.0 Å². The maximum atomic E-state index is 13.6. The molecule has 2 fully saturated rings. The van der Waals surface area contributed by atoms with Crippen molar-refractivity contribution in [3.63, 3.8) is 0 Å². The number of aliphatic hydroxyl groups is 1. The molecule has 2 aromatic carbocycles. The average Bonchev–Trinajstić information content (AvgIpc) is 2.82. The summed E-state index contributed by atoms with van der Waals surface area (Å²) in [5.74, 6) is 1.39. The highest BCUT2D eigenvalue weighted by Gasteiger charge is 2.53. The third kappa shape index (κ3) is 3.53. The smallest absolute Gasteiger partial charge is 0.262 e. The van der Waals surface area contributed by atoms with Crippen molar-refractivity contribution in [3.05, 3.63) is 59.7 Å². The van der Waals surface area contributed by atoms with Crippen molar-refractivity contribution in [2.75, 3.05) is 44.9 Å². The summed E-state index contributed by atoms with van der Waals surface area (Å²) in [7, 11) is 1.60. The number of amides is 1. The molecule has 3 atom stereocenters. The predicted molar refractivity (Wildman–Crippen MR) is 119 cm³/mol. The highest BCUT2D eigenvalue weighted by molar-refractivity contribution is 6.08. The fourth-order valence-corrected chi connectivity index (χ4v) is 5.62. The van der Waals surface area contributed by atoms with Gasteiger partial charge in [0.25, 0.3) is 5.91 Å². The van der Waals surface area contributed by atoms with E-state index in [9.17, 15) is 9.90 Å². The largest absolute Gasteiger partial charge is 0.496 e. The Morgan fingerprint density at radius 2 is 1.87 bits per heavy atom. The summed E-state index contributed by atoms with van der Waals surface area (Å²) in [5.41, 5.74) is 2.68. The fraction of sp³-hybridized carbons (Fsp3) is 0.480. The minimum atomic E-state index is -0.0400. The lowest BCUT2D eigenvalue weighted by atomic mass is 9.71. The monoisotopic (exact) mass is 422 g/mol. The van der Waals surface area contributed by atoms with E-state index in [4.69, 9.17) is 9.47 Å². The number of hydrogen-bond acceptors (Lipinski definition) is 5. The zero-order chi connectivity index (χ0) is 21.4. The molecular weight excluding hydrogens is 392 g/mol. The number of aliphatic hydroxyl groups excluding tert-OH is 1. The van der Waals surface area contributed by atoms with E-state index in [0.717, 1.165) is 43.9 Å². The quantitative estimate of drug-likeness (QED) is 0.803. The van der Waals surface area contributed by atoms with Crippen LogP contribution in [0.1, 0.15) is 34.7 Å². The number of likely N-dealkylation sites (tertiary alicyclic amines) is 1. The molecule has 1 amide bonds. The standard InChI is InChI=1S/C25H30N2O4/c1-30-23-9-5-3-7-19(23)25(29)27-15-21-24(18-6-2-4-8-20(18)27)22(16-28)26(21)14-17-10-12-31-13-11-17/h2-9,17,21-22,24,28H,10-16H2,1H3/t21-,22-,24-/m1/s1. The molecule has 5 rings (SSSR count). The van der Waals surface area contributed by atoms with Crippen molar-refractivity contribution in [1.29, 1.82) is 0 Å². The molecule has 6 heteroatoms. The van der Waals surface area contributed by atoms with Crippen molar-refractivity contribution in [2.45, 2.75) is 30.8 Å². The van der Waals surface area contributed by atoms with Gasteiger partial charge >= 0.3 is 0 Å². The Labute approximate surface area is 183 Å². The number of methoxy groups -OCH3 is 1. The molecule has 0 unspecified atom stereocenters. The summed E-state index contributed by atoms with van der Waals surface area (Å²) in [5, 5.41) is 10.2. The van der Waals surface area contributed by atoms with Crippen molar-refractivity contribution in [2.24, 2.45) is 5.92 Å². The van der Waals surface area contributed by atoms with Crippen LogP contribution in [0.5, 0.6) is 5.75 Å². The minimum absolute atomic E-state index is 0.0400. The van der Waals surface area contributed by atoms with Gasteiger partial charge in [0.2, 0.25) is 0 Å².